The van der Waals surface area contributed by atoms with Gasteiger partial charge in [0, 0.05) is 15.7 Å². The fourth-order valence-corrected chi connectivity index (χ4v) is 1.39. The average molecular weight is 331 g/mol. The van der Waals surface area contributed by atoms with E-state index in [0.717, 1.165) is 0 Å². The zero-order valence-electron chi connectivity index (χ0n) is 22.5. The Morgan fingerprint density at radius 3 is 2.87 bits per heavy atom. The van der Waals surface area contributed by atoms with E-state index in [1.165, 1.54) is 6.92 Å². The van der Waals surface area contributed by atoms with Crippen molar-refractivity contribution in [2.24, 2.45) is 5.72 Å². The zero-order chi connectivity index (χ0) is 25.5. The van der Waals surface area contributed by atoms with Crippen molar-refractivity contribution < 1.29 is 32.9 Å². The average Bonchev–Trinajstić information content (AvgIpc) is 2.73. The molecule has 0 heterocycles. The van der Waals surface area contributed by atoms with E-state index in [-0.39, 0.29) is 38.1 Å². The first-order valence-corrected chi connectivity index (χ1v) is 6.86. The van der Waals surface area contributed by atoms with Crippen LogP contribution in [0.2, 0.25) is 5.65 Å². The lowest BCUT2D eigenvalue weighted by Crippen LogP contribution is -2.30. The van der Waals surface area contributed by atoms with Crippen LogP contribution in [-0.2, 0) is 9.53 Å². The summed E-state index contributed by atoms with van der Waals surface area (Å²) in [6.07, 6.45) is -2.78. The fraction of sp³-hybridized carbons (Fsp3) is 0.438. The summed E-state index contributed by atoms with van der Waals surface area (Å²) in [6.45, 7) is 1.33. The Bertz CT molecular complexity index is 884. The van der Waals surface area contributed by atoms with Crippen LogP contribution in [0.4, 0.5) is 0 Å². The van der Waals surface area contributed by atoms with Crippen molar-refractivity contribution >= 4 is 17.9 Å². The maximum absolute atomic E-state index is 12.3. The molecule has 4 N–H and O–H groups in total. The van der Waals surface area contributed by atoms with E-state index in [0.29, 0.717) is 5.31 Å². The maximum atomic E-state index is 12.3. The minimum atomic E-state index is -2.58. The van der Waals surface area contributed by atoms with E-state index < -0.39 is 59.8 Å². The smallest absolute Gasteiger partial charge is 0.338 e. The molecule has 126 valence electrons. The highest BCUT2D eigenvalue weighted by atomic mass is 16.5. The van der Waals surface area contributed by atoms with Crippen molar-refractivity contribution in [3.63, 3.8) is 0 Å². The first-order chi connectivity index (χ1) is 15.3. The number of guanidine groups is 1. The molecule has 0 atom stereocenters. The molecule has 1 aromatic rings. The van der Waals surface area contributed by atoms with Crippen LogP contribution in [0.25, 0.3) is 0 Å². The van der Waals surface area contributed by atoms with Gasteiger partial charge in [0.25, 0.3) is 0 Å². The van der Waals surface area contributed by atoms with Gasteiger partial charge in [0.1, 0.15) is 5.75 Å². The van der Waals surface area contributed by atoms with Gasteiger partial charge in [0.2, 0.25) is 0 Å². The molecule has 0 amide bonds. The molecular weight excluding hydrogens is 298 g/mol. The Kier molecular flexibility index (Phi) is 3.70. The van der Waals surface area contributed by atoms with E-state index in [4.69, 9.17) is 23.3 Å². The van der Waals surface area contributed by atoms with E-state index >= 15 is 0 Å². The van der Waals surface area contributed by atoms with Gasteiger partial charge in [-0.05, 0) is 43.9 Å². The predicted molar refractivity (Wildman–Crippen MR) is 86.4 cm³/mol. The van der Waals surface area contributed by atoms with E-state index in [1.54, 1.807) is 0 Å². The number of benzene rings is 1. The molecule has 0 aliphatic carbocycles. The molecule has 0 saturated carbocycles. The summed E-state index contributed by atoms with van der Waals surface area (Å²) in [5.74, 6) is -3.95. The Balaban J connectivity index is 2.90. The van der Waals surface area contributed by atoms with Gasteiger partial charge >= 0.3 is 11.9 Å². The standard InChI is InChI=1S/C16H23N3O4/c1-2-22-15(21)12-7-9-13(10-8-12)23-14(20)6-4-3-5-11-19-16(17)18/h7-10H,2-6,11H2,1H3,(H4,17,18,19)/i6D2,7D,8D,9D,10D/hD4. The number of hydrogen-bond acceptors (Lipinski definition) is 5. The molecule has 0 aromatic heterocycles. The van der Waals surface area contributed by atoms with Crippen LogP contribution < -0.4 is 15.8 Å². The Morgan fingerprint density at radius 1 is 1.43 bits per heavy atom. The van der Waals surface area contributed by atoms with Gasteiger partial charge < -0.3 is 20.5 Å². The van der Waals surface area contributed by atoms with Crippen LogP contribution in [0, 0.1) is 5.40 Å². The number of esters is 2. The van der Waals surface area contributed by atoms with Crippen LogP contribution in [0.3, 0.4) is 0 Å². The lowest BCUT2D eigenvalue weighted by molar-refractivity contribution is -0.134. The van der Waals surface area contributed by atoms with Crippen molar-refractivity contribution in [2.45, 2.75) is 32.6 Å². The molecular formula is C16H23N3O4. The van der Waals surface area contributed by atoms with E-state index in [2.05, 4.69) is 5.40 Å². The molecule has 0 spiro atoms. The molecule has 1 rings (SSSR count). The molecule has 0 radical (unpaired) electrons. The van der Waals surface area contributed by atoms with Crippen LogP contribution in [0.1, 0.15) is 51.1 Å². The second-order valence-electron chi connectivity index (χ2n) is 4.13. The van der Waals surface area contributed by atoms with Gasteiger partial charge in [-0.15, -0.1) is 0 Å². The van der Waals surface area contributed by atoms with Gasteiger partial charge in [0.15, 0.2) is 11.6 Å². The Hall–Kier alpha value is -2.57. The Morgan fingerprint density at radius 2 is 2.22 bits per heavy atom. The fourth-order valence-electron chi connectivity index (χ4n) is 1.39. The second-order valence-corrected chi connectivity index (χ2v) is 4.13. The molecule has 0 unspecified atom stereocenters. The highest BCUT2D eigenvalue weighted by Gasteiger charge is 2.08. The minimum Gasteiger partial charge on any atom is -0.462 e. The Labute approximate surface area is 149 Å². The first-order valence-electron chi connectivity index (χ1n) is 11.6. The second kappa shape index (κ2) is 10.2. The lowest BCUT2D eigenvalue weighted by Gasteiger charge is -2.06. The number of unbranched alkanes of at least 4 members (excludes halogenated alkanes) is 1. The first kappa shape index (κ1) is 8.33. The van der Waals surface area contributed by atoms with Gasteiger partial charge in [-0.25, -0.2) is 4.79 Å². The minimum absolute atomic E-state index is 0.0259. The van der Waals surface area contributed by atoms with Crippen LogP contribution in [0.15, 0.2) is 24.2 Å². The predicted octanol–water partition coefficient (Wildman–Crippen LogP) is 1.81. The number of nitrogens with one attached hydrogen (secondary N) is 2. The number of hydrogen-bond donors (Lipinski definition) is 3. The normalized spacial score (nSPS) is 17.5. The summed E-state index contributed by atoms with van der Waals surface area (Å²) in [5.41, 5.74) is -0.661. The van der Waals surface area contributed by atoms with E-state index in [1.807, 2.05) is 0 Å². The summed E-state index contributed by atoms with van der Waals surface area (Å²) in [6, 6.07) is -3.27. The van der Waals surface area contributed by atoms with Crippen molar-refractivity contribution in [3.8, 4) is 5.75 Å². The number of rotatable bonds is 9. The maximum Gasteiger partial charge on any atom is 0.338 e. The van der Waals surface area contributed by atoms with Gasteiger partial charge in [0.05, 0.1) is 17.7 Å². The van der Waals surface area contributed by atoms with Crippen molar-refractivity contribution in [1.29, 1.82) is 5.40 Å². The highest BCUT2D eigenvalue weighted by Crippen LogP contribution is 2.14. The molecule has 0 aliphatic heterocycles. The van der Waals surface area contributed by atoms with Gasteiger partial charge in [-0.2, -0.15) is 0 Å². The SMILES string of the molecule is [2H]N=C(N([2H])[2H])N([2H])CCCCC([2H])([2H])C(=O)Oc1c([2H])c([2H])c(C(=O)OCC)c([2H])c1[2H]. The summed E-state index contributed by atoms with van der Waals surface area (Å²) in [5, 5.41) is 3.45. The molecule has 0 saturated heterocycles. The topological polar surface area (TPSA) is 115 Å². The number of nitrogens with two attached hydrogens (primary N) is 1. The number of ether oxygens (including phenoxy) is 2. The molecule has 0 bridgehead atoms. The summed E-state index contributed by atoms with van der Waals surface area (Å²) in [4.78, 5) is 24.3. The largest absolute Gasteiger partial charge is 0.462 e. The third-order valence-electron chi connectivity index (χ3n) is 2.38. The molecule has 0 fully saturated rings. The van der Waals surface area contributed by atoms with Gasteiger partial charge in [-0.1, -0.05) is 6.42 Å². The van der Waals surface area contributed by atoms with Crippen LogP contribution >= 0.6 is 0 Å². The third kappa shape index (κ3) is 7.85. The van der Waals surface area contributed by atoms with Gasteiger partial charge in [-0.3, -0.25) is 10.2 Å². The molecule has 1 aromatic carbocycles. The quantitative estimate of drug-likeness (QED) is 0.209. The van der Waals surface area contributed by atoms with Crippen molar-refractivity contribution in [2.75, 3.05) is 13.2 Å². The molecule has 7 nitrogen and oxygen atoms in total. The summed E-state index contributed by atoms with van der Waals surface area (Å²) >= 11 is 0. The number of carbonyl (C=O) groups is 2. The molecule has 23 heavy (non-hydrogen) atoms. The van der Waals surface area contributed by atoms with Crippen molar-refractivity contribution in [3.05, 3.63) is 29.7 Å². The van der Waals surface area contributed by atoms with Crippen LogP contribution in [-0.4, -0.2) is 31.0 Å². The number of carbonyl (C=O) groups excluding carboxylic acids is 2. The summed E-state index contributed by atoms with van der Waals surface area (Å²) < 4.78 is 85.4. The third-order valence-corrected chi connectivity index (χ3v) is 2.38. The zero-order valence-corrected chi connectivity index (χ0v) is 12.5. The van der Waals surface area contributed by atoms with Crippen LogP contribution in [0.5, 0.6) is 5.75 Å². The molecule has 7 heteroatoms. The van der Waals surface area contributed by atoms with E-state index in [9.17, 15) is 9.59 Å². The summed E-state index contributed by atoms with van der Waals surface area (Å²) in [7, 11) is 0. The lowest BCUT2D eigenvalue weighted by atomic mass is 10.2. The molecule has 0 aliphatic rings. The highest BCUT2D eigenvalue weighted by molar-refractivity contribution is 5.89. The van der Waals surface area contributed by atoms with Crippen molar-refractivity contribution in [1.82, 2.24) is 5.31 Å². The monoisotopic (exact) mass is 331 g/mol.